The third-order valence-corrected chi connectivity index (χ3v) is 2.91. The molecule has 0 amide bonds. The largest absolute Gasteiger partial charge is 0.478 e. The summed E-state index contributed by atoms with van der Waals surface area (Å²) >= 11 is 0. The molecule has 0 aromatic carbocycles. The summed E-state index contributed by atoms with van der Waals surface area (Å²) in [6.07, 6.45) is 9.28. The quantitative estimate of drug-likeness (QED) is 0.789. The van der Waals surface area contributed by atoms with E-state index < -0.39 is 5.97 Å². The fourth-order valence-electron chi connectivity index (χ4n) is 2.12. The number of rotatable bonds is 3. The summed E-state index contributed by atoms with van der Waals surface area (Å²) in [6, 6.07) is 4.50. The van der Waals surface area contributed by atoms with Crippen molar-refractivity contribution in [1.82, 2.24) is 9.47 Å². The predicted molar refractivity (Wildman–Crippen MR) is 61.1 cm³/mol. The average Bonchev–Trinajstić information content (AvgIpc) is 2.80. The number of hydrogen-bond acceptors (Lipinski definition) is 2. The summed E-state index contributed by atoms with van der Waals surface area (Å²) in [6.45, 7) is 1.83. The smallest absolute Gasteiger partial charge is 0.329 e. The molecule has 0 spiro atoms. The Morgan fingerprint density at radius 2 is 2.12 bits per heavy atom. The predicted octanol–water partition coefficient (Wildman–Crippen LogP) is 1.72. The fraction of sp³-hybridized carbons (Fsp3) is 0.417. The second-order valence-electron chi connectivity index (χ2n) is 4.08. The highest BCUT2D eigenvalue weighted by Crippen LogP contribution is 2.21. The third kappa shape index (κ3) is 2.66. The molecule has 2 heterocycles. The molecule has 1 aromatic rings. The molecular formula is C12H16N2O2. The maximum Gasteiger partial charge on any atom is 0.329 e. The zero-order chi connectivity index (χ0) is 11.4. The van der Waals surface area contributed by atoms with Gasteiger partial charge in [-0.15, -0.1) is 0 Å². The summed E-state index contributed by atoms with van der Waals surface area (Å²) in [5.41, 5.74) is 0. The van der Waals surface area contributed by atoms with Crippen molar-refractivity contribution < 1.29 is 9.90 Å². The first kappa shape index (κ1) is 10.8. The van der Waals surface area contributed by atoms with Crippen LogP contribution in [0.5, 0.6) is 0 Å². The number of hydrogen-bond donors (Lipinski definition) is 1. The standard InChI is InChI=1S/C12H16N2O2/c15-12(16)5-9-13-6-3-4-11(10-13)14-7-1-2-8-14/h1-2,5,7-9,11H,3-4,6,10H2,(H,15,16)/b9-5+. The molecule has 16 heavy (non-hydrogen) atoms. The number of carbonyl (C=O) groups is 1. The van der Waals surface area contributed by atoms with E-state index in [2.05, 4.69) is 21.9 Å². The van der Waals surface area contributed by atoms with Crippen LogP contribution >= 0.6 is 0 Å². The second kappa shape index (κ2) is 4.88. The lowest BCUT2D eigenvalue weighted by Gasteiger charge is -2.32. The number of carboxylic acid groups (broad SMARTS) is 1. The van der Waals surface area contributed by atoms with Crippen LogP contribution < -0.4 is 0 Å². The van der Waals surface area contributed by atoms with Gasteiger partial charge in [-0.05, 0) is 25.0 Å². The average molecular weight is 220 g/mol. The number of aromatic nitrogens is 1. The van der Waals surface area contributed by atoms with Crippen LogP contribution in [0.1, 0.15) is 18.9 Å². The van der Waals surface area contributed by atoms with Gasteiger partial charge < -0.3 is 14.6 Å². The van der Waals surface area contributed by atoms with Crippen molar-refractivity contribution in [1.29, 1.82) is 0 Å². The van der Waals surface area contributed by atoms with Crippen molar-refractivity contribution in [2.75, 3.05) is 13.1 Å². The van der Waals surface area contributed by atoms with E-state index in [1.54, 1.807) is 6.20 Å². The van der Waals surface area contributed by atoms with Gasteiger partial charge in [0, 0.05) is 37.8 Å². The van der Waals surface area contributed by atoms with Crippen LogP contribution in [-0.4, -0.2) is 33.6 Å². The summed E-state index contributed by atoms with van der Waals surface area (Å²) in [7, 11) is 0. The topological polar surface area (TPSA) is 45.5 Å². The maximum absolute atomic E-state index is 10.4. The first-order valence-electron chi connectivity index (χ1n) is 5.53. The van der Waals surface area contributed by atoms with Crippen LogP contribution in [0.15, 0.2) is 36.8 Å². The Kier molecular flexibility index (Phi) is 3.29. The minimum atomic E-state index is -0.886. The Morgan fingerprint density at radius 1 is 1.38 bits per heavy atom. The number of aliphatic carboxylic acids is 1. The van der Waals surface area contributed by atoms with E-state index in [0.717, 1.165) is 25.9 Å². The monoisotopic (exact) mass is 220 g/mol. The van der Waals surface area contributed by atoms with E-state index in [-0.39, 0.29) is 0 Å². The number of likely N-dealkylation sites (tertiary alicyclic amines) is 1. The number of piperidine rings is 1. The molecule has 0 bridgehead atoms. The summed E-state index contributed by atoms with van der Waals surface area (Å²) in [5.74, 6) is -0.886. The van der Waals surface area contributed by atoms with Gasteiger partial charge in [0.15, 0.2) is 0 Å². The summed E-state index contributed by atoms with van der Waals surface area (Å²) < 4.78 is 2.20. The Labute approximate surface area is 94.8 Å². The van der Waals surface area contributed by atoms with Gasteiger partial charge in [-0.3, -0.25) is 0 Å². The minimum Gasteiger partial charge on any atom is -0.478 e. The Bertz CT molecular complexity index is 370. The lowest BCUT2D eigenvalue weighted by atomic mass is 10.1. The van der Waals surface area contributed by atoms with Crippen LogP contribution in [0.3, 0.4) is 0 Å². The molecule has 1 atom stereocenters. The molecule has 1 aliphatic heterocycles. The highest BCUT2D eigenvalue weighted by molar-refractivity contribution is 5.79. The Balaban J connectivity index is 1.97. The number of nitrogens with zero attached hydrogens (tertiary/aromatic N) is 2. The lowest BCUT2D eigenvalue weighted by Crippen LogP contribution is -2.32. The van der Waals surface area contributed by atoms with Crippen molar-refractivity contribution in [2.24, 2.45) is 0 Å². The Hall–Kier alpha value is -1.71. The SMILES string of the molecule is O=C(O)/C=C/N1CCCC(n2cccc2)C1. The molecule has 0 aliphatic carbocycles. The molecule has 0 radical (unpaired) electrons. The van der Waals surface area contributed by atoms with Gasteiger partial charge in [0.2, 0.25) is 0 Å². The molecule has 1 aromatic heterocycles. The summed E-state index contributed by atoms with van der Waals surface area (Å²) in [4.78, 5) is 12.5. The van der Waals surface area contributed by atoms with Gasteiger partial charge >= 0.3 is 5.97 Å². The lowest BCUT2D eigenvalue weighted by molar-refractivity contribution is -0.131. The molecule has 0 saturated carbocycles. The van der Waals surface area contributed by atoms with Crippen LogP contribution in [0, 0.1) is 0 Å². The van der Waals surface area contributed by atoms with Crippen LogP contribution in [0.25, 0.3) is 0 Å². The van der Waals surface area contributed by atoms with Crippen molar-refractivity contribution >= 4 is 5.97 Å². The van der Waals surface area contributed by atoms with Gasteiger partial charge in [-0.1, -0.05) is 0 Å². The molecule has 1 N–H and O–H groups in total. The maximum atomic E-state index is 10.4. The van der Waals surface area contributed by atoms with E-state index in [1.807, 2.05) is 12.1 Å². The molecule has 1 fully saturated rings. The van der Waals surface area contributed by atoms with Gasteiger partial charge in [-0.25, -0.2) is 4.79 Å². The number of carboxylic acids is 1. The molecule has 1 saturated heterocycles. The van der Waals surface area contributed by atoms with Gasteiger partial charge in [0.05, 0.1) is 6.04 Å². The van der Waals surface area contributed by atoms with E-state index in [4.69, 9.17) is 5.11 Å². The van der Waals surface area contributed by atoms with Crippen molar-refractivity contribution in [3.8, 4) is 0 Å². The molecule has 2 rings (SSSR count). The van der Waals surface area contributed by atoms with E-state index in [1.165, 1.54) is 6.08 Å². The molecule has 4 heteroatoms. The fourth-order valence-corrected chi connectivity index (χ4v) is 2.12. The first-order valence-corrected chi connectivity index (χ1v) is 5.53. The first-order chi connectivity index (χ1) is 7.75. The van der Waals surface area contributed by atoms with E-state index in [9.17, 15) is 4.79 Å². The van der Waals surface area contributed by atoms with Crippen LogP contribution in [-0.2, 0) is 4.79 Å². The van der Waals surface area contributed by atoms with Crippen molar-refractivity contribution in [3.05, 3.63) is 36.8 Å². The van der Waals surface area contributed by atoms with Gasteiger partial charge in [0.1, 0.15) is 0 Å². The highest BCUT2D eigenvalue weighted by atomic mass is 16.4. The van der Waals surface area contributed by atoms with Crippen molar-refractivity contribution in [2.45, 2.75) is 18.9 Å². The molecule has 4 nitrogen and oxygen atoms in total. The minimum absolute atomic E-state index is 0.460. The zero-order valence-electron chi connectivity index (χ0n) is 9.12. The van der Waals surface area contributed by atoms with Crippen molar-refractivity contribution in [3.63, 3.8) is 0 Å². The van der Waals surface area contributed by atoms with Gasteiger partial charge in [0.25, 0.3) is 0 Å². The Morgan fingerprint density at radius 3 is 2.81 bits per heavy atom. The van der Waals surface area contributed by atoms with Gasteiger partial charge in [-0.2, -0.15) is 0 Å². The van der Waals surface area contributed by atoms with Crippen LogP contribution in [0.4, 0.5) is 0 Å². The summed E-state index contributed by atoms with van der Waals surface area (Å²) in [5, 5.41) is 8.58. The molecule has 1 unspecified atom stereocenters. The molecule has 86 valence electrons. The zero-order valence-corrected chi connectivity index (χ0v) is 9.12. The third-order valence-electron chi connectivity index (χ3n) is 2.91. The second-order valence-corrected chi connectivity index (χ2v) is 4.08. The van der Waals surface area contributed by atoms with E-state index in [0.29, 0.717) is 6.04 Å². The normalized spacial score (nSPS) is 21.5. The highest BCUT2D eigenvalue weighted by Gasteiger charge is 2.18. The molecular weight excluding hydrogens is 204 g/mol. The van der Waals surface area contributed by atoms with E-state index >= 15 is 0 Å². The van der Waals surface area contributed by atoms with Crippen LogP contribution in [0.2, 0.25) is 0 Å². The molecule has 1 aliphatic rings.